The summed E-state index contributed by atoms with van der Waals surface area (Å²) < 4.78 is 15.8. The van der Waals surface area contributed by atoms with Gasteiger partial charge < -0.3 is 5.32 Å². The summed E-state index contributed by atoms with van der Waals surface area (Å²) in [6.07, 6.45) is 4.08. The molecule has 0 aliphatic heterocycles. The number of nitrogens with one attached hydrogen (secondary N) is 1. The summed E-state index contributed by atoms with van der Waals surface area (Å²) in [4.78, 5) is 9.42. The van der Waals surface area contributed by atoms with Gasteiger partial charge in [-0.2, -0.15) is 9.50 Å². The molecule has 0 radical (unpaired) electrons. The van der Waals surface area contributed by atoms with E-state index in [1.807, 2.05) is 36.4 Å². The number of nitrogens with zero attached hydrogens (tertiary/aromatic N) is 4. The van der Waals surface area contributed by atoms with Crippen LogP contribution in [-0.4, -0.2) is 19.6 Å². The van der Waals surface area contributed by atoms with Crippen molar-refractivity contribution in [3.8, 4) is 11.4 Å². The van der Waals surface area contributed by atoms with Crippen molar-refractivity contribution >= 4 is 17.3 Å². The number of halogens is 1. The number of benzene rings is 2. The Kier molecular flexibility index (Phi) is 4.04. The van der Waals surface area contributed by atoms with Gasteiger partial charge in [0.1, 0.15) is 11.6 Å². The largest absolute Gasteiger partial charge is 0.340 e. The molecule has 1 aliphatic rings. The number of hydrogen-bond acceptors (Lipinski definition) is 4. The zero-order valence-electron chi connectivity index (χ0n) is 15.6. The predicted molar refractivity (Wildman–Crippen MR) is 107 cm³/mol. The molecule has 0 saturated carbocycles. The average molecular weight is 373 g/mol. The summed E-state index contributed by atoms with van der Waals surface area (Å²) in [5.74, 6) is 1.80. The van der Waals surface area contributed by atoms with Crippen LogP contribution >= 0.6 is 0 Å². The monoisotopic (exact) mass is 373 g/mol. The second-order valence-corrected chi connectivity index (χ2v) is 7.19. The van der Waals surface area contributed by atoms with Gasteiger partial charge in [0.15, 0.2) is 5.82 Å². The number of fused-ring (bicyclic) bond motifs is 2. The fourth-order valence-electron chi connectivity index (χ4n) is 3.69. The third kappa shape index (κ3) is 2.91. The number of hydrogen-bond donors (Lipinski definition) is 1. The van der Waals surface area contributed by atoms with Crippen LogP contribution in [0.5, 0.6) is 0 Å². The quantitative estimate of drug-likeness (QED) is 0.557. The zero-order valence-corrected chi connectivity index (χ0v) is 15.6. The minimum Gasteiger partial charge on any atom is -0.340 e. The van der Waals surface area contributed by atoms with Gasteiger partial charge in [-0.1, -0.05) is 36.4 Å². The predicted octanol–water partition coefficient (Wildman–Crippen LogP) is 4.86. The molecule has 2 aromatic carbocycles. The lowest BCUT2D eigenvalue weighted by Crippen LogP contribution is -2.13. The minimum atomic E-state index is -0.229. The Morgan fingerprint density at radius 1 is 1.00 bits per heavy atom. The van der Waals surface area contributed by atoms with Crippen molar-refractivity contribution in [3.63, 3.8) is 0 Å². The van der Waals surface area contributed by atoms with E-state index < -0.39 is 0 Å². The Labute approximate surface area is 162 Å². The Balaban J connectivity index is 1.68. The van der Waals surface area contributed by atoms with Crippen molar-refractivity contribution in [1.29, 1.82) is 0 Å². The van der Waals surface area contributed by atoms with Crippen LogP contribution in [0.15, 0.2) is 48.5 Å². The summed E-state index contributed by atoms with van der Waals surface area (Å²) >= 11 is 0. The maximum absolute atomic E-state index is 14.1. The lowest BCUT2D eigenvalue weighted by atomic mass is 9.96. The Bertz CT molecular complexity index is 1170. The summed E-state index contributed by atoms with van der Waals surface area (Å²) in [7, 11) is 0. The van der Waals surface area contributed by atoms with Gasteiger partial charge in [0.05, 0.1) is 5.69 Å². The highest BCUT2D eigenvalue weighted by Crippen LogP contribution is 2.31. The van der Waals surface area contributed by atoms with Crippen molar-refractivity contribution in [2.45, 2.75) is 32.6 Å². The van der Waals surface area contributed by atoms with E-state index in [1.165, 1.54) is 6.07 Å². The normalized spacial score (nSPS) is 13.5. The molecule has 2 heterocycles. The second kappa shape index (κ2) is 6.71. The van der Waals surface area contributed by atoms with E-state index >= 15 is 0 Å². The highest BCUT2D eigenvalue weighted by molar-refractivity contribution is 5.65. The molecule has 28 heavy (non-hydrogen) atoms. The number of anilines is 2. The van der Waals surface area contributed by atoms with Crippen molar-refractivity contribution in [2.75, 3.05) is 5.32 Å². The Hall–Kier alpha value is -3.28. The lowest BCUT2D eigenvalue weighted by molar-refractivity contribution is 0.619. The standard InChI is InChI=1S/C22H20FN5/c1-14-11-12-16(13-18(14)23)24-21-17-9-5-6-10-19(17)25-22-26-20(27-28(21)22)15-7-3-2-4-8-15/h2-4,7-8,11-13,24H,5-6,9-10H2,1H3. The van der Waals surface area contributed by atoms with Crippen molar-refractivity contribution in [3.05, 3.63) is 71.2 Å². The topological polar surface area (TPSA) is 55.1 Å². The molecule has 1 aliphatic carbocycles. The van der Waals surface area contributed by atoms with E-state index in [1.54, 1.807) is 17.5 Å². The first kappa shape index (κ1) is 16.9. The molecular formula is C22H20FN5. The second-order valence-electron chi connectivity index (χ2n) is 7.19. The summed E-state index contributed by atoms with van der Waals surface area (Å²) in [5, 5.41) is 8.10. The zero-order chi connectivity index (χ0) is 19.1. The lowest BCUT2D eigenvalue weighted by Gasteiger charge is -2.20. The first-order valence-electron chi connectivity index (χ1n) is 9.56. The molecule has 5 rings (SSSR count). The SMILES string of the molecule is Cc1ccc(Nc2c3c(nc4nc(-c5ccccc5)nn24)CCCC3)cc1F. The fourth-order valence-corrected chi connectivity index (χ4v) is 3.69. The van der Waals surface area contributed by atoms with Crippen molar-refractivity contribution < 1.29 is 4.39 Å². The van der Waals surface area contributed by atoms with Gasteiger partial charge in [0, 0.05) is 16.8 Å². The highest BCUT2D eigenvalue weighted by atomic mass is 19.1. The van der Waals surface area contributed by atoms with E-state index in [-0.39, 0.29) is 5.82 Å². The van der Waals surface area contributed by atoms with Crippen LogP contribution < -0.4 is 5.32 Å². The molecule has 2 aromatic heterocycles. The Morgan fingerprint density at radius 2 is 1.82 bits per heavy atom. The number of aromatic nitrogens is 4. The molecular weight excluding hydrogens is 353 g/mol. The van der Waals surface area contributed by atoms with E-state index in [0.717, 1.165) is 48.3 Å². The van der Waals surface area contributed by atoms with Crippen LogP contribution in [0.1, 0.15) is 29.7 Å². The first-order valence-corrected chi connectivity index (χ1v) is 9.56. The molecule has 140 valence electrons. The average Bonchev–Trinajstić information content (AvgIpc) is 3.15. The Morgan fingerprint density at radius 3 is 2.64 bits per heavy atom. The smallest absolute Gasteiger partial charge is 0.254 e. The molecule has 0 fully saturated rings. The summed E-state index contributed by atoms with van der Waals surface area (Å²) in [6, 6.07) is 15.0. The number of aryl methyl sites for hydroxylation is 2. The molecule has 6 heteroatoms. The van der Waals surface area contributed by atoms with Crippen LogP contribution in [0.25, 0.3) is 17.2 Å². The first-order chi connectivity index (χ1) is 13.7. The maximum atomic E-state index is 14.1. The third-order valence-corrected chi connectivity index (χ3v) is 5.23. The molecule has 1 N–H and O–H groups in total. The van der Waals surface area contributed by atoms with E-state index in [2.05, 4.69) is 10.3 Å². The molecule has 0 bridgehead atoms. The van der Waals surface area contributed by atoms with Gasteiger partial charge in [-0.15, -0.1) is 5.10 Å². The van der Waals surface area contributed by atoms with Crippen LogP contribution in [0.4, 0.5) is 15.9 Å². The van der Waals surface area contributed by atoms with Crippen molar-refractivity contribution in [2.24, 2.45) is 0 Å². The van der Waals surface area contributed by atoms with Gasteiger partial charge in [0.25, 0.3) is 5.78 Å². The maximum Gasteiger partial charge on any atom is 0.254 e. The molecule has 0 amide bonds. The molecule has 0 spiro atoms. The third-order valence-electron chi connectivity index (χ3n) is 5.23. The minimum absolute atomic E-state index is 0.229. The molecule has 0 atom stereocenters. The van der Waals surface area contributed by atoms with Gasteiger partial charge in [-0.25, -0.2) is 9.37 Å². The van der Waals surface area contributed by atoms with Crippen LogP contribution in [0.3, 0.4) is 0 Å². The van der Waals surface area contributed by atoms with Gasteiger partial charge in [-0.3, -0.25) is 0 Å². The van der Waals surface area contributed by atoms with Crippen LogP contribution in [0.2, 0.25) is 0 Å². The van der Waals surface area contributed by atoms with E-state index in [9.17, 15) is 4.39 Å². The van der Waals surface area contributed by atoms with E-state index in [0.29, 0.717) is 22.9 Å². The fraction of sp³-hybridized carbons (Fsp3) is 0.227. The van der Waals surface area contributed by atoms with Crippen molar-refractivity contribution in [1.82, 2.24) is 19.6 Å². The van der Waals surface area contributed by atoms with Crippen LogP contribution in [0, 0.1) is 12.7 Å². The van der Waals surface area contributed by atoms with Crippen LogP contribution in [-0.2, 0) is 12.8 Å². The molecule has 0 unspecified atom stereocenters. The molecule has 0 saturated heterocycles. The van der Waals surface area contributed by atoms with Gasteiger partial charge in [-0.05, 0) is 50.3 Å². The highest BCUT2D eigenvalue weighted by Gasteiger charge is 2.21. The summed E-state index contributed by atoms with van der Waals surface area (Å²) in [6.45, 7) is 1.76. The molecule has 4 aromatic rings. The molecule has 5 nitrogen and oxygen atoms in total. The van der Waals surface area contributed by atoms with Gasteiger partial charge >= 0.3 is 0 Å². The van der Waals surface area contributed by atoms with E-state index in [4.69, 9.17) is 10.1 Å². The van der Waals surface area contributed by atoms with Gasteiger partial charge in [0.2, 0.25) is 0 Å². The number of rotatable bonds is 3. The summed E-state index contributed by atoms with van der Waals surface area (Å²) in [5.41, 5.74) is 4.46.